The van der Waals surface area contributed by atoms with Crippen LogP contribution < -0.4 is 5.32 Å². The smallest absolute Gasteiger partial charge is 0.258 e. The Balaban J connectivity index is 1.95. The van der Waals surface area contributed by atoms with E-state index in [2.05, 4.69) is 25.7 Å². The second-order valence-electron chi connectivity index (χ2n) is 5.28. The van der Waals surface area contributed by atoms with Gasteiger partial charge in [0.05, 0.1) is 0 Å². The van der Waals surface area contributed by atoms with Crippen molar-refractivity contribution in [1.82, 2.24) is 10.2 Å². The molecular weight excluding hydrogens is 264 g/mol. The van der Waals surface area contributed by atoms with Gasteiger partial charge in [0.15, 0.2) is 0 Å². The lowest BCUT2D eigenvalue weighted by molar-refractivity contribution is -0.121. The van der Waals surface area contributed by atoms with E-state index in [9.17, 15) is 9.59 Å². The van der Waals surface area contributed by atoms with Gasteiger partial charge in [0.1, 0.15) is 0 Å². The molecule has 1 heterocycles. The Hall–Kier alpha value is -2.10. The second kappa shape index (κ2) is 6.57. The van der Waals surface area contributed by atoms with Gasteiger partial charge in [-0.05, 0) is 18.9 Å². The summed E-state index contributed by atoms with van der Waals surface area (Å²) in [5.41, 5.74) is 2.22. The minimum atomic E-state index is -0.0640. The summed E-state index contributed by atoms with van der Waals surface area (Å²) >= 11 is 0. The molecule has 1 aliphatic rings. The molecule has 1 aliphatic heterocycles. The predicted octanol–water partition coefficient (Wildman–Crippen LogP) is 2.81. The van der Waals surface area contributed by atoms with Crippen LogP contribution in [0, 0.1) is 0 Å². The Bertz CT molecular complexity index is 527. The maximum Gasteiger partial charge on any atom is 0.258 e. The number of nitrogens with one attached hydrogen (secondary N) is 1. The lowest BCUT2D eigenvalue weighted by atomic mass is 10.1. The normalized spacial score (nSPS) is 13.8. The fraction of sp³-hybridized carbons (Fsp3) is 0.412. The zero-order chi connectivity index (χ0) is 15.4. The molecule has 112 valence electrons. The van der Waals surface area contributed by atoms with Crippen molar-refractivity contribution in [3.05, 3.63) is 42.0 Å². The van der Waals surface area contributed by atoms with Gasteiger partial charge in [-0.3, -0.25) is 9.59 Å². The standard InChI is InChI=1S/C17H22N2O2/c1-4-13(5-2)18-16(20)10-11-19-12(3)14-8-6-7-9-15(14)17(19)21/h6-9,13H,3-5,10-11H2,1-2H3,(H,18,20). The van der Waals surface area contributed by atoms with Gasteiger partial charge in [0.25, 0.3) is 5.91 Å². The minimum absolute atomic E-state index is 0.0137. The van der Waals surface area contributed by atoms with Gasteiger partial charge in [-0.15, -0.1) is 0 Å². The molecule has 21 heavy (non-hydrogen) atoms. The van der Waals surface area contributed by atoms with Crippen molar-refractivity contribution in [2.45, 2.75) is 39.2 Å². The third kappa shape index (κ3) is 3.15. The van der Waals surface area contributed by atoms with Crippen LogP contribution >= 0.6 is 0 Å². The lowest BCUT2D eigenvalue weighted by Crippen LogP contribution is -2.36. The van der Waals surface area contributed by atoms with Gasteiger partial charge in [0, 0.05) is 35.8 Å². The molecule has 2 amide bonds. The van der Waals surface area contributed by atoms with Crippen LogP contribution in [0.3, 0.4) is 0 Å². The minimum Gasteiger partial charge on any atom is -0.353 e. The maximum absolute atomic E-state index is 12.3. The van der Waals surface area contributed by atoms with E-state index in [1.165, 1.54) is 0 Å². The Morgan fingerprint density at radius 3 is 2.43 bits per heavy atom. The molecule has 0 aliphatic carbocycles. The Kier molecular flexibility index (Phi) is 4.78. The average molecular weight is 286 g/mol. The molecule has 0 aromatic heterocycles. The molecule has 4 nitrogen and oxygen atoms in total. The molecule has 0 saturated heterocycles. The molecule has 0 unspecified atom stereocenters. The summed E-state index contributed by atoms with van der Waals surface area (Å²) in [6, 6.07) is 7.63. The highest BCUT2D eigenvalue weighted by molar-refractivity contribution is 6.08. The molecule has 1 aromatic carbocycles. The summed E-state index contributed by atoms with van der Waals surface area (Å²) < 4.78 is 0. The third-order valence-corrected chi connectivity index (χ3v) is 3.95. The number of nitrogens with zero attached hydrogens (tertiary/aromatic N) is 1. The molecule has 0 bridgehead atoms. The van der Waals surface area contributed by atoms with E-state index < -0.39 is 0 Å². The SMILES string of the molecule is C=C1c2ccccc2C(=O)N1CCC(=O)NC(CC)CC. The van der Waals surface area contributed by atoms with Crippen LogP contribution in [0.1, 0.15) is 49.0 Å². The summed E-state index contributed by atoms with van der Waals surface area (Å²) in [6.45, 7) is 8.45. The quantitative estimate of drug-likeness (QED) is 0.874. The predicted molar refractivity (Wildman–Crippen MR) is 83.6 cm³/mol. The first kappa shape index (κ1) is 15.3. The van der Waals surface area contributed by atoms with Crippen molar-refractivity contribution >= 4 is 17.5 Å². The fourth-order valence-corrected chi connectivity index (χ4v) is 2.58. The Morgan fingerprint density at radius 1 is 1.24 bits per heavy atom. The van der Waals surface area contributed by atoms with Gasteiger partial charge in [-0.25, -0.2) is 0 Å². The van der Waals surface area contributed by atoms with Gasteiger partial charge in [0.2, 0.25) is 5.91 Å². The van der Waals surface area contributed by atoms with E-state index in [4.69, 9.17) is 0 Å². The van der Waals surface area contributed by atoms with Crippen LogP contribution in [-0.2, 0) is 4.79 Å². The van der Waals surface area contributed by atoms with Crippen LogP contribution in [0.5, 0.6) is 0 Å². The molecule has 0 radical (unpaired) electrons. The average Bonchev–Trinajstić information content (AvgIpc) is 2.75. The highest BCUT2D eigenvalue weighted by atomic mass is 16.2. The molecular formula is C17H22N2O2. The molecule has 0 fully saturated rings. The van der Waals surface area contributed by atoms with Crippen LogP contribution in [0.15, 0.2) is 30.8 Å². The number of carbonyl (C=O) groups is 2. The van der Waals surface area contributed by atoms with E-state index in [0.717, 1.165) is 18.4 Å². The van der Waals surface area contributed by atoms with E-state index in [0.29, 0.717) is 24.2 Å². The van der Waals surface area contributed by atoms with Crippen LogP contribution in [0.4, 0.5) is 0 Å². The van der Waals surface area contributed by atoms with E-state index in [1.807, 2.05) is 18.2 Å². The lowest BCUT2D eigenvalue weighted by Gasteiger charge is -2.19. The summed E-state index contributed by atoms with van der Waals surface area (Å²) in [4.78, 5) is 25.8. The second-order valence-corrected chi connectivity index (χ2v) is 5.28. The molecule has 0 spiro atoms. The zero-order valence-electron chi connectivity index (χ0n) is 12.7. The van der Waals surface area contributed by atoms with E-state index in [1.54, 1.807) is 11.0 Å². The number of hydrogen-bond donors (Lipinski definition) is 1. The highest BCUT2D eigenvalue weighted by Gasteiger charge is 2.30. The monoisotopic (exact) mass is 286 g/mol. The number of fused-ring (bicyclic) bond motifs is 1. The van der Waals surface area contributed by atoms with E-state index >= 15 is 0 Å². The Morgan fingerprint density at radius 2 is 1.86 bits per heavy atom. The first-order valence-corrected chi connectivity index (χ1v) is 7.48. The van der Waals surface area contributed by atoms with Crippen LogP contribution in [0.25, 0.3) is 5.70 Å². The maximum atomic E-state index is 12.3. The number of carbonyl (C=O) groups excluding carboxylic acids is 2. The van der Waals surface area contributed by atoms with Crippen molar-refractivity contribution in [3.8, 4) is 0 Å². The first-order chi connectivity index (χ1) is 10.1. The first-order valence-electron chi connectivity index (χ1n) is 7.48. The van der Waals surface area contributed by atoms with Gasteiger partial charge >= 0.3 is 0 Å². The highest BCUT2D eigenvalue weighted by Crippen LogP contribution is 2.30. The summed E-state index contributed by atoms with van der Waals surface area (Å²) in [7, 11) is 0. The molecule has 0 atom stereocenters. The molecule has 0 saturated carbocycles. The van der Waals surface area contributed by atoms with Crippen LogP contribution in [0.2, 0.25) is 0 Å². The topological polar surface area (TPSA) is 49.4 Å². The molecule has 1 aromatic rings. The van der Waals surface area contributed by atoms with Gasteiger partial charge in [-0.1, -0.05) is 38.6 Å². The fourth-order valence-electron chi connectivity index (χ4n) is 2.58. The number of hydrogen-bond acceptors (Lipinski definition) is 2. The molecule has 4 heteroatoms. The number of benzene rings is 1. The molecule has 1 N–H and O–H groups in total. The molecule has 2 rings (SSSR count). The number of amides is 2. The van der Waals surface area contributed by atoms with Crippen molar-refractivity contribution in [3.63, 3.8) is 0 Å². The summed E-state index contributed by atoms with van der Waals surface area (Å²) in [6.07, 6.45) is 2.14. The van der Waals surface area contributed by atoms with Crippen LogP contribution in [-0.4, -0.2) is 29.3 Å². The van der Waals surface area contributed by atoms with Crippen molar-refractivity contribution in [2.24, 2.45) is 0 Å². The van der Waals surface area contributed by atoms with Crippen molar-refractivity contribution in [1.29, 1.82) is 0 Å². The number of rotatable bonds is 6. The van der Waals surface area contributed by atoms with E-state index in [-0.39, 0.29) is 17.9 Å². The zero-order valence-corrected chi connectivity index (χ0v) is 12.7. The van der Waals surface area contributed by atoms with Gasteiger partial charge < -0.3 is 10.2 Å². The summed E-state index contributed by atoms with van der Waals surface area (Å²) in [5, 5.41) is 2.98. The van der Waals surface area contributed by atoms with Crippen molar-refractivity contribution in [2.75, 3.05) is 6.54 Å². The summed E-state index contributed by atoms with van der Waals surface area (Å²) in [5.74, 6) is -0.0776. The third-order valence-electron chi connectivity index (χ3n) is 3.95. The van der Waals surface area contributed by atoms with Crippen molar-refractivity contribution < 1.29 is 9.59 Å². The van der Waals surface area contributed by atoms with Gasteiger partial charge in [-0.2, -0.15) is 0 Å². The largest absolute Gasteiger partial charge is 0.353 e. The Labute approximate surface area is 125 Å².